The van der Waals surface area contributed by atoms with E-state index in [4.69, 9.17) is 0 Å². The first kappa shape index (κ1) is 15.4. The SMILES string of the molecule is O=C(/C=C/c1ccc([N+](=O)[O-])cc1)c1cccc(-n2cccc2)c1. The number of aromatic nitrogens is 1. The van der Waals surface area contributed by atoms with Crippen LogP contribution in [0.3, 0.4) is 0 Å². The third-order valence-electron chi connectivity index (χ3n) is 3.56. The molecular formula is C19H14N2O3. The minimum Gasteiger partial charge on any atom is -0.324 e. The Balaban J connectivity index is 1.77. The van der Waals surface area contributed by atoms with Gasteiger partial charge in [0.15, 0.2) is 5.78 Å². The van der Waals surface area contributed by atoms with Crippen molar-refractivity contribution in [3.8, 4) is 5.69 Å². The molecule has 5 nitrogen and oxygen atoms in total. The summed E-state index contributed by atoms with van der Waals surface area (Å²) < 4.78 is 1.93. The zero-order valence-electron chi connectivity index (χ0n) is 12.7. The molecule has 0 saturated heterocycles. The Kier molecular flexibility index (Phi) is 4.34. The highest BCUT2D eigenvalue weighted by Crippen LogP contribution is 2.15. The second-order valence-electron chi connectivity index (χ2n) is 5.19. The highest BCUT2D eigenvalue weighted by atomic mass is 16.6. The second-order valence-corrected chi connectivity index (χ2v) is 5.19. The van der Waals surface area contributed by atoms with E-state index < -0.39 is 4.92 Å². The van der Waals surface area contributed by atoms with Crippen LogP contribution in [-0.4, -0.2) is 15.3 Å². The molecule has 0 fully saturated rings. The number of benzene rings is 2. The molecule has 0 bridgehead atoms. The number of hydrogen-bond acceptors (Lipinski definition) is 3. The lowest BCUT2D eigenvalue weighted by molar-refractivity contribution is -0.384. The molecule has 0 atom stereocenters. The lowest BCUT2D eigenvalue weighted by atomic mass is 10.1. The first-order chi connectivity index (χ1) is 11.6. The van der Waals surface area contributed by atoms with Crippen LogP contribution in [0.2, 0.25) is 0 Å². The van der Waals surface area contributed by atoms with Crippen molar-refractivity contribution >= 4 is 17.5 Å². The fourth-order valence-corrected chi connectivity index (χ4v) is 2.30. The second kappa shape index (κ2) is 6.75. The van der Waals surface area contributed by atoms with Crippen LogP contribution in [0.15, 0.2) is 79.1 Å². The molecule has 1 heterocycles. The summed E-state index contributed by atoms with van der Waals surface area (Å²) in [7, 11) is 0. The lowest BCUT2D eigenvalue weighted by Crippen LogP contribution is -1.97. The molecule has 118 valence electrons. The summed E-state index contributed by atoms with van der Waals surface area (Å²) in [6.45, 7) is 0. The van der Waals surface area contributed by atoms with Gasteiger partial charge >= 0.3 is 0 Å². The molecule has 5 heteroatoms. The van der Waals surface area contributed by atoms with Crippen LogP contribution in [0, 0.1) is 10.1 Å². The van der Waals surface area contributed by atoms with Crippen molar-refractivity contribution in [3.05, 3.63) is 100 Å². The first-order valence-electron chi connectivity index (χ1n) is 7.34. The van der Waals surface area contributed by atoms with Crippen molar-refractivity contribution in [2.24, 2.45) is 0 Å². The topological polar surface area (TPSA) is 65.1 Å². The van der Waals surface area contributed by atoms with Crippen molar-refractivity contribution in [2.45, 2.75) is 0 Å². The molecule has 0 spiro atoms. The Hall–Kier alpha value is -3.47. The molecule has 1 aromatic heterocycles. The third-order valence-corrected chi connectivity index (χ3v) is 3.56. The van der Waals surface area contributed by atoms with Crippen LogP contribution in [0.1, 0.15) is 15.9 Å². The van der Waals surface area contributed by atoms with Gasteiger partial charge in [0, 0.05) is 35.8 Å². The van der Waals surface area contributed by atoms with Crippen molar-refractivity contribution < 1.29 is 9.72 Å². The fraction of sp³-hybridized carbons (Fsp3) is 0. The number of ketones is 1. The summed E-state index contributed by atoms with van der Waals surface area (Å²) in [4.78, 5) is 22.5. The Morgan fingerprint density at radius 2 is 1.71 bits per heavy atom. The Labute approximate surface area is 138 Å². The number of non-ortho nitro benzene ring substituents is 1. The smallest absolute Gasteiger partial charge is 0.269 e. The standard InChI is InChI=1S/C19H14N2O3/c22-19(11-8-15-6-9-17(10-7-15)21(23)24)16-4-3-5-18(14-16)20-12-1-2-13-20/h1-14H/b11-8+. The number of allylic oxidation sites excluding steroid dienone is 1. The van der Waals surface area contributed by atoms with Gasteiger partial charge in [0.25, 0.3) is 5.69 Å². The van der Waals surface area contributed by atoms with E-state index in [2.05, 4.69) is 0 Å². The van der Waals surface area contributed by atoms with Gasteiger partial charge in [0.2, 0.25) is 0 Å². The number of rotatable bonds is 5. The average molecular weight is 318 g/mol. The number of nitro groups is 1. The van der Waals surface area contributed by atoms with E-state index in [0.717, 1.165) is 11.3 Å². The van der Waals surface area contributed by atoms with Gasteiger partial charge in [-0.25, -0.2) is 0 Å². The van der Waals surface area contributed by atoms with Gasteiger partial charge in [-0.15, -0.1) is 0 Å². The van der Waals surface area contributed by atoms with Crippen LogP contribution in [0.5, 0.6) is 0 Å². The van der Waals surface area contributed by atoms with E-state index in [1.807, 2.05) is 47.3 Å². The summed E-state index contributed by atoms with van der Waals surface area (Å²) in [6, 6.07) is 17.2. The minimum absolute atomic E-state index is 0.0258. The molecule has 0 unspecified atom stereocenters. The fourth-order valence-electron chi connectivity index (χ4n) is 2.30. The molecular weight excluding hydrogens is 304 g/mol. The van der Waals surface area contributed by atoms with Gasteiger partial charge in [0.05, 0.1) is 4.92 Å². The van der Waals surface area contributed by atoms with Crippen molar-refractivity contribution in [1.82, 2.24) is 4.57 Å². The summed E-state index contributed by atoms with van der Waals surface area (Å²) in [5.41, 5.74) is 2.25. The van der Waals surface area contributed by atoms with Gasteiger partial charge in [-0.05, 0) is 48.0 Å². The maximum atomic E-state index is 12.3. The summed E-state index contributed by atoms with van der Waals surface area (Å²) >= 11 is 0. The Morgan fingerprint density at radius 3 is 2.38 bits per heavy atom. The van der Waals surface area contributed by atoms with Crippen LogP contribution in [0.25, 0.3) is 11.8 Å². The predicted octanol–water partition coefficient (Wildman–Crippen LogP) is 4.28. The van der Waals surface area contributed by atoms with Crippen molar-refractivity contribution in [1.29, 1.82) is 0 Å². The summed E-state index contributed by atoms with van der Waals surface area (Å²) in [6.07, 6.45) is 6.94. The van der Waals surface area contributed by atoms with Gasteiger partial charge in [-0.1, -0.05) is 18.2 Å². The molecule has 0 aliphatic carbocycles. The average Bonchev–Trinajstić information content (AvgIpc) is 3.15. The monoisotopic (exact) mass is 318 g/mol. The minimum atomic E-state index is -0.453. The third kappa shape index (κ3) is 3.47. The zero-order chi connectivity index (χ0) is 16.9. The normalized spacial score (nSPS) is 10.8. The maximum Gasteiger partial charge on any atom is 0.269 e. The first-order valence-corrected chi connectivity index (χ1v) is 7.34. The van der Waals surface area contributed by atoms with Gasteiger partial charge in [-0.2, -0.15) is 0 Å². The van der Waals surface area contributed by atoms with Gasteiger partial charge in [0.1, 0.15) is 0 Å². The number of hydrogen-bond donors (Lipinski definition) is 0. The largest absolute Gasteiger partial charge is 0.324 e. The van der Waals surface area contributed by atoms with Crippen LogP contribution < -0.4 is 0 Å². The molecule has 2 aromatic carbocycles. The molecule has 3 aromatic rings. The summed E-state index contributed by atoms with van der Waals surface area (Å²) in [5, 5.41) is 10.6. The predicted molar refractivity (Wildman–Crippen MR) is 92.2 cm³/mol. The zero-order valence-corrected chi connectivity index (χ0v) is 12.7. The number of nitrogens with zero attached hydrogens (tertiary/aromatic N) is 2. The van der Waals surface area contributed by atoms with Crippen LogP contribution in [-0.2, 0) is 0 Å². The summed E-state index contributed by atoms with van der Waals surface area (Å²) in [5.74, 6) is -0.123. The van der Waals surface area contributed by atoms with Crippen molar-refractivity contribution in [2.75, 3.05) is 0 Å². The molecule has 0 radical (unpaired) electrons. The lowest BCUT2D eigenvalue weighted by Gasteiger charge is -2.04. The number of nitro benzene ring substituents is 1. The van der Waals surface area contributed by atoms with E-state index in [1.54, 1.807) is 24.3 Å². The quantitative estimate of drug-likeness (QED) is 0.305. The highest BCUT2D eigenvalue weighted by molar-refractivity contribution is 6.07. The van der Waals surface area contributed by atoms with Crippen LogP contribution in [0.4, 0.5) is 5.69 Å². The molecule has 0 aliphatic rings. The van der Waals surface area contributed by atoms with Crippen molar-refractivity contribution in [3.63, 3.8) is 0 Å². The number of carbonyl (C=O) groups excluding carboxylic acids is 1. The van der Waals surface area contributed by atoms with E-state index in [9.17, 15) is 14.9 Å². The molecule has 0 saturated carbocycles. The van der Waals surface area contributed by atoms with Gasteiger partial charge < -0.3 is 4.57 Å². The van der Waals surface area contributed by atoms with Crippen LogP contribution >= 0.6 is 0 Å². The maximum absolute atomic E-state index is 12.3. The molecule has 0 amide bonds. The van der Waals surface area contributed by atoms with E-state index in [1.165, 1.54) is 18.2 Å². The Bertz CT molecular complexity index is 895. The van der Waals surface area contributed by atoms with E-state index in [-0.39, 0.29) is 11.5 Å². The van der Waals surface area contributed by atoms with Gasteiger partial charge in [-0.3, -0.25) is 14.9 Å². The molecule has 0 aliphatic heterocycles. The molecule has 24 heavy (non-hydrogen) atoms. The highest BCUT2D eigenvalue weighted by Gasteiger charge is 2.05. The van der Waals surface area contributed by atoms with E-state index in [0.29, 0.717) is 5.56 Å². The van der Waals surface area contributed by atoms with E-state index >= 15 is 0 Å². The molecule has 0 N–H and O–H groups in total. The Morgan fingerprint density at radius 1 is 1.00 bits per heavy atom. The number of carbonyl (C=O) groups is 1. The molecule has 3 rings (SSSR count).